The summed E-state index contributed by atoms with van der Waals surface area (Å²) in [7, 11) is 0. The number of rotatable bonds is 5. The molecule has 3 nitrogen and oxygen atoms in total. The maximum Gasteiger partial charge on any atom is 0.416 e. The number of amides is 1. The van der Waals surface area contributed by atoms with Crippen LogP contribution in [0.15, 0.2) is 24.3 Å². The molecule has 1 amide bonds. The summed E-state index contributed by atoms with van der Waals surface area (Å²) in [5, 5.41) is 5.66. The molecule has 1 aliphatic rings. The largest absolute Gasteiger partial charge is 0.416 e. The summed E-state index contributed by atoms with van der Waals surface area (Å²) >= 11 is 0. The Labute approximate surface area is 121 Å². The molecule has 0 spiro atoms. The summed E-state index contributed by atoms with van der Waals surface area (Å²) in [4.78, 5) is 11.7. The van der Waals surface area contributed by atoms with Crippen LogP contribution < -0.4 is 10.6 Å². The van der Waals surface area contributed by atoms with Gasteiger partial charge in [0.05, 0.1) is 12.1 Å². The molecule has 0 heterocycles. The number of carbonyl (C=O) groups is 1. The number of hydrogen-bond donors (Lipinski definition) is 2. The molecule has 0 saturated heterocycles. The van der Waals surface area contributed by atoms with Crippen LogP contribution in [0.3, 0.4) is 0 Å². The van der Waals surface area contributed by atoms with Crippen molar-refractivity contribution in [3.05, 3.63) is 35.4 Å². The normalized spacial score (nSPS) is 16.1. The van der Waals surface area contributed by atoms with E-state index in [0.717, 1.165) is 31.7 Å². The van der Waals surface area contributed by atoms with Gasteiger partial charge in [0.2, 0.25) is 5.91 Å². The van der Waals surface area contributed by atoms with Gasteiger partial charge in [-0.3, -0.25) is 4.79 Å². The lowest BCUT2D eigenvalue weighted by Crippen LogP contribution is -2.38. The van der Waals surface area contributed by atoms with Crippen LogP contribution in [0, 0.1) is 0 Å². The first-order chi connectivity index (χ1) is 9.97. The highest BCUT2D eigenvalue weighted by atomic mass is 19.4. The van der Waals surface area contributed by atoms with Crippen molar-refractivity contribution in [2.24, 2.45) is 0 Å². The smallest absolute Gasteiger partial charge is 0.351 e. The van der Waals surface area contributed by atoms with E-state index in [2.05, 4.69) is 10.6 Å². The van der Waals surface area contributed by atoms with E-state index in [-0.39, 0.29) is 24.6 Å². The van der Waals surface area contributed by atoms with E-state index >= 15 is 0 Å². The Kier molecular flexibility index (Phi) is 5.22. The van der Waals surface area contributed by atoms with Crippen LogP contribution in [-0.4, -0.2) is 18.5 Å². The second-order valence-electron chi connectivity index (χ2n) is 5.29. The molecule has 0 radical (unpaired) electrons. The maximum absolute atomic E-state index is 12.8. The molecule has 1 fully saturated rings. The van der Waals surface area contributed by atoms with Crippen molar-refractivity contribution in [3.8, 4) is 0 Å². The molecule has 2 N–H and O–H groups in total. The van der Waals surface area contributed by atoms with Crippen molar-refractivity contribution >= 4 is 5.91 Å². The predicted octanol–water partition coefficient (Wildman–Crippen LogP) is 2.85. The lowest BCUT2D eigenvalue weighted by Gasteiger charge is -2.14. The quantitative estimate of drug-likeness (QED) is 0.878. The Morgan fingerprint density at radius 3 is 2.52 bits per heavy atom. The van der Waals surface area contributed by atoms with Crippen molar-refractivity contribution in [2.45, 2.75) is 44.4 Å². The fourth-order valence-electron chi connectivity index (χ4n) is 2.57. The fraction of sp³-hybridized carbons (Fsp3) is 0.533. The van der Waals surface area contributed by atoms with E-state index in [9.17, 15) is 18.0 Å². The first-order valence-corrected chi connectivity index (χ1v) is 7.12. The number of carbonyl (C=O) groups excluding carboxylic acids is 1. The molecule has 0 unspecified atom stereocenters. The number of hydrogen-bond acceptors (Lipinski definition) is 2. The van der Waals surface area contributed by atoms with Crippen molar-refractivity contribution in [1.82, 2.24) is 10.6 Å². The van der Waals surface area contributed by atoms with E-state index in [0.29, 0.717) is 6.04 Å². The maximum atomic E-state index is 12.8. The Morgan fingerprint density at radius 2 is 1.86 bits per heavy atom. The van der Waals surface area contributed by atoms with Gasteiger partial charge in [-0.15, -0.1) is 0 Å². The number of benzene rings is 1. The summed E-state index contributed by atoms with van der Waals surface area (Å²) in [6.07, 6.45) is 0.0499. The average Bonchev–Trinajstić information content (AvgIpc) is 2.95. The summed E-state index contributed by atoms with van der Waals surface area (Å²) in [6.45, 7) is 0.0414. The molecule has 0 aliphatic heterocycles. The van der Waals surface area contributed by atoms with Crippen LogP contribution in [0.25, 0.3) is 0 Å². The lowest BCUT2D eigenvalue weighted by molar-refractivity contribution is -0.138. The Morgan fingerprint density at radius 1 is 1.19 bits per heavy atom. The topological polar surface area (TPSA) is 41.1 Å². The average molecular weight is 300 g/mol. The highest BCUT2D eigenvalue weighted by Gasteiger charge is 2.32. The molecular weight excluding hydrogens is 281 g/mol. The van der Waals surface area contributed by atoms with E-state index in [1.807, 2.05) is 0 Å². The minimum absolute atomic E-state index is 0.0826. The molecule has 1 aromatic carbocycles. The molecule has 1 aliphatic carbocycles. The second kappa shape index (κ2) is 6.93. The molecule has 0 atom stereocenters. The van der Waals surface area contributed by atoms with Crippen LogP contribution in [-0.2, 0) is 17.5 Å². The van der Waals surface area contributed by atoms with Gasteiger partial charge < -0.3 is 10.6 Å². The first kappa shape index (κ1) is 15.8. The highest BCUT2D eigenvalue weighted by molar-refractivity contribution is 5.78. The zero-order valence-corrected chi connectivity index (χ0v) is 11.7. The van der Waals surface area contributed by atoms with Crippen LogP contribution in [0.4, 0.5) is 13.2 Å². The standard InChI is InChI=1S/C15H19F3N2O/c16-15(17,18)13-8-4-1-5-11(13)9-20-14(21)10-19-12-6-2-3-7-12/h1,4-5,8,12,19H,2-3,6-7,9-10H2,(H,20,21). The zero-order valence-electron chi connectivity index (χ0n) is 11.7. The molecule has 1 aromatic rings. The van der Waals surface area contributed by atoms with Gasteiger partial charge in [-0.25, -0.2) is 0 Å². The van der Waals surface area contributed by atoms with Crippen LogP contribution in [0.5, 0.6) is 0 Å². The monoisotopic (exact) mass is 300 g/mol. The summed E-state index contributed by atoms with van der Waals surface area (Å²) in [5.41, 5.74) is -0.617. The fourth-order valence-corrected chi connectivity index (χ4v) is 2.57. The first-order valence-electron chi connectivity index (χ1n) is 7.12. The molecule has 2 rings (SSSR count). The third-order valence-corrected chi connectivity index (χ3v) is 3.71. The van der Waals surface area contributed by atoms with Gasteiger partial charge in [-0.2, -0.15) is 13.2 Å². The Bertz CT molecular complexity index is 482. The van der Waals surface area contributed by atoms with Crippen LogP contribution in [0.1, 0.15) is 36.8 Å². The number of nitrogens with one attached hydrogen (secondary N) is 2. The molecule has 21 heavy (non-hydrogen) atoms. The van der Waals surface area contributed by atoms with Gasteiger partial charge in [0.25, 0.3) is 0 Å². The molecule has 1 saturated carbocycles. The van der Waals surface area contributed by atoms with Gasteiger partial charge >= 0.3 is 6.18 Å². The van der Waals surface area contributed by atoms with Crippen molar-refractivity contribution in [2.75, 3.05) is 6.54 Å². The minimum Gasteiger partial charge on any atom is -0.351 e. The highest BCUT2D eigenvalue weighted by Crippen LogP contribution is 2.31. The molecule has 6 heteroatoms. The Balaban J connectivity index is 1.83. The van der Waals surface area contributed by atoms with E-state index in [1.54, 1.807) is 0 Å². The predicted molar refractivity (Wildman–Crippen MR) is 73.5 cm³/mol. The second-order valence-corrected chi connectivity index (χ2v) is 5.29. The Hall–Kier alpha value is -1.56. The third-order valence-electron chi connectivity index (χ3n) is 3.71. The van der Waals surface area contributed by atoms with Gasteiger partial charge in [0, 0.05) is 12.6 Å². The van der Waals surface area contributed by atoms with E-state index in [4.69, 9.17) is 0 Å². The van der Waals surface area contributed by atoms with Gasteiger partial charge in [0.1, 0.15) is 0 Å². The molecular formula is C15H19F3N2O. The van der Waals surface area contributed by atoms with Gasteiger partial charge in [-0.1, -0.05) is 31.0 Å². The zero-order chi connectivity index (χ0) is 15.3. The van der Waals surface area contributed by atoms with Crippen molar-refractivity contribution in [3.63, 3.8) is 0 Å². The van der Waals surface area contributed by atoms with Gasteiger partial charge in [-0.05, 0) is 24.5 Å². The van der Waals surface area contributed by atoms with E-state index < -0.39 is 11.7 Å². The molecule has 116 valence electrons. The summed E-state index contributed by atoms with van der Waals surface area (Å²) < 4.78 is 38.4. The minimum atomic E-state index is -4.40. The third kappa shape index (κ3) is 4.74. The molecule has 0 bridgehead atoms. The number of halogens is 3. The van der Waals surface area contributed by atoms with Crippen LogP contribution >= 0.6 is 0 Å². The van der Waals surface area contributed by atoms with Crippen molar-refractivity contribution in [1.29, 1.82) is 0 Å². The number of alkyl halides is 3. The van der Waals surface area contributed by atoms with Crippen molar-refractivity contribution < 1.29 is 18.0 Å². The van der Waals surface area contributed by atoms with Crippen LogP contribution in [0.2, 0.25) is 0 Å². The van der Waals surface area contributed by atoms with E-state index in [1.165, 1.54) is 18.2 Å². The summed E-state index contributed by atoms with van der Waals surface area (Å²) in [6, 6.07) is 5.65. The lowest BCUT2D eigenvalue weighted by atomic mass is 10.1. The molecule has 0 aromatic heterocycles. The summed E-state index contributed by atoms with van der Waals surface area (Å²) in [5.74, 6) is -0.279. The van der Waals surface area contributed by atoms with Gasteiger partial charge in [0.15, 0.2) is 0 Å². The SMILES string of the molecule is O=C(CNC1CCCC1)NCc1ccccc1C(F)(F)F.